The Kier molecular flexibility index (Phi) is 47.6. The van der Waals surface area contributed by atoms with Gasteiger partial charge in [-0.1, -0.05) is 231 Å². The second kappa shape index (κ2) is 48.6. The molecule has 0 radical (unpaired) electrons. The highest BCUT2D eigenvalue weighted by atomic mass is 31.2. The summed E-state index contributed by atoms with van der Waals surface area (Å²) in [6.07, 6.45) is 50.4. The zero-order chi connectivity index (χ0) is 46.2. The van der Waals surface area contributed by atoms with Crippen LogP contribution >= 0.6 is 7.82 Å². The van der Waals surface area contributed by atoms with E-state index in [-0.39, 0.29) is 19.4 Å². The minimum atomic E-state index is -4.62. The van der Waals surface area contributed by atoms with Gasteiger partial charge in [0.25, 0.3) is 0 Å². The maximum Gasteiger partial charge on any atom is 0.472 e. The largest absolute Gasteiger partial charge is 0.472 e. The van der Waals surface area contributed by atoms with E-state index < -0.39 is 51.8 Å². The molecule has 0 aromatic heterocycles. The van der Waals surface area contributed by atoms with Crippen molar-refractivity contribution in [1.29, 1.82) is 0 Å². The Morgan fingerprint density at radius 3 is 1.14 bits per heavy atom. The van der Waals surface area contributed by atoms with Crippen molar-refractivity contribution in [2.24, 2.45) is 0 Å². The molecule has 0 amide bonds. The van der Waals surface area contributed by atoms with Crippen molar-refractivity contribution < 1.29 is 47.8 Å². The van der Waals surface area contributed by atoms with Gasteiger partial charge in [0.15, 0.2) is 6.10 Å². The summed E-state index contributed by atoms with van der Waals surface area (Å²) in [4.78, 5) is 35.2. The monoisotopic (exact) mass is 917 g/mol. The van der Waals surface area contributed by atoms with Gasteiger partial charge < -0.3 is 24.6 Å². The molecule has 0 fully saturated rings. The number of aliphatic hydroxyl groups is 2. The summed E-state index contributed by atoms with van der Waals surface area (Å²) in [7, 11) is -4.62. The normalized spacial score (nSPS) is 13.7. The van der Waals surface area contributed by atoms with Crippen LogP contribution in [0.4, 0.5) is 0 Å². The van der Waals surface area contributed by atoms with Gasteiger partial charge in [0.05, 0.1) is 19.8 Å². The van der Waals surface area contributed by atoms with Crippen molar-refractivity contribution in [3.05, 3.63) is 12.2 Å². The molecule has 0 saturated heterocycles. The second-order valence-corrected chi connectivity index (χ2v) is 19.7. The van der Waals surface area contributed by atoms with Gasteiger partial charge >= 0.3 is 19.8 Å². The summed E-state index contributed by atoms with van der Waals surface area (Å²) in [5.41, 5.74) is 0. The molecule has 1 unspecified atom stereocenters. The van der Waals surface area contributed by atoms with E-state index in [1.54, 1.807) is 0 Å². The van der Waals surface area contributed by atoms with E-state index >= 15 is 0 Å². The first-order chi connectivity index (χ1) is 30.7. The van der Waals surface area contributed by atoms with E-state index in [9.17, 15) is 24.2 Å². The highest BCUT2D eigenvalue weighted by molar-refractivity contribution is 7.47. The lowest BCUT2D eigenvalue weighted by atomic mass is 10.0. The number of rotatable bonds is 51. The Bertz CT molecular complexity index is 1060. The van der Waals surface area contributed by atoms with Gasteiger partial charge in [-0.05, 0) is 38.5 Å². The quantitative estimate of drug-likeness (QED) is 0.0233. The number of hydrogen-bond acceptors (Lipinski definition) is 9. The lowest BCUT2D eigenvalue weighted by Crippen LogP contribution is -2.29. The highest BCUT2D eigenvalue weighted by Gasteiger charge is 2.27. The first-order valence-corrected chi connectivity index (χ1v) is 28.1. The molecule has 0 spiro atoms. The Balaban J connectivity index is 4.10. The van der Waals surface area contributed by atoms with Crippen LogP contribution in [0.5, 0.6) is 0 Å². The number of phosphoric ester groups is 1. The second-order valence-electron chi connectivity index (χ2n) is 18.3. The van der Waals surface area contributed by atoms with E-state index in [4.69, 9.17) is 23.6 Å². The Hall–Kier alpha value is -1.29. The topological polar surface area (TPSA) is 149 Å². The minimum Gasteiger partial charge on any atom is -0.462 e. The fraction of sp³-hybridized carbons (Fsp3) is 0.923. The molecule has 0 bridgehead atoms. The molecular formula is C52H101O10P. The van der Waals surface area contributed by atoms with Crippen molar-refractivity contribution in [3.63, 3.8) is 0 Å². The lowest BCUT2D eigenvalue weighted by Gasteiger charge is -2.20. The summed E-state index contributed by atoms with van der Waals surface area (Å²) in [5.74, 6) is -0.912. The van der Waals surface area contributed by atoms with Crippen LogP contribution in [0, 0.1) is 0 Å². The number of aliphatic hydroxyl groups excluding tert-OH is 2. The van der Waals surface area contributed by atoms with Crippen LogP contribution in [-0.4, -0.2) is 65.7 Å². The van der Waals surface area contributed by atoms with Gasteiger partial charge in [-0.15, -0.1) is 0 Å². The molecule has 0 aromatic carbocycles. The standard InChI is InChI=1S/C52H101O10P/c1-3-5-7-9-11-13-15-17-19-21-22-23-24-25-26-28-30-32-34-36-38-40-42-44-52(56)62-50(48-61-63(57,58)60-46-49(54)45-53)47-59-51(55)43-41-39-37-35-33-31-29-27-20-18-16-14-12-10-8-6-4-2/h18,20,49-50,53-54H,3-17,19,21-48H2,1-2H3,(H,57,58)/b20-18+/t49-,50+/m0/s1. The first-order valence-electron chi connectivity index (χ1n) is 26.6. The average molecular weight is 917 g/mol. The van der Waals surface area contributed by atoms with Crippen molar-refractivity contribution >= 4 is 19.8 Å². The van der Waals surface area contributed by atoms with Gasteiger partial charge in [0.1, 0.15) is 12.7 Å². The predicted octanol–water partition coefficient (Wildman–Crippen LogP) is 15.1. The molecule has 0 aliphatic heterocycles. The van der Waals surface area contributed by atoms with E-state index in [0.29, 0.717) is 12.8 Å². The molecule has 3 N–H and O–H groups in total. The predicted molar refractivity (Wildman–Crippen MR) is 261 cm³/mol. The van der Waals surface area contributed by atoms with E-state index in [1.807, 2.05) is 0 Å². The van der Waals surface area contributed by atoms with Crippen LogP contribution in [0.25, 0.3) is 0 Å². The van der Waals surface area contributed by atoms with Gasteiger partial charge in [0, 0.05) is 12.8 Å². The summed E-state index contributed by atoms with van der Waals surface area (Å²) in [5, 5.41) is 18.4. The van der Waals surface area contributed by atoms with Crippen LogP contribution in [0.1, 0.15) is 271 Å². The summed E-state index contributed by atoms with van der Waals surface area (Å²) >= 11 is 0. The number of esters is 2. The van der Waals surface area contributed by atoms with Crippen molar-refractivity contribution in [3.8, 4) is 0 Å². The third-order valence-electron chi connectivity index (χ3n) is 11.9. The molecule has 0 saturated carbocycles. The number of carbonyl (C=O) groups excluding carboxylic acids is 2. The number of carbonyl (C=O) groups is 2. The Morgan fingerprint density at radius 2 is 0.778 bits per heavy atom. The van der Waals surface area contributed by atoms with Crippen LogP contribution in [0.2, 0.25) is 0 Å². The molecule has 10 nitrogen and oxygen atoms in total. The molecule has 11 heteroatoms. The minimum absolute atomic E-state index is 0.190. The molecule has 3 atom stereocenters. The molecule has 0 aromatic rings. The summed E-state index contributed by atoms with van der Waals surface area (Å²) in [6.45, 7) is 2.44. The molecule has 0 aliphatic rings. The van der Waals surface area contributed by atoms with Gasteiger partial charge in [-0.2, -0.15) is 0 Å². The van der Waals surface area contributed by atoms with Crippen molar-refractivity contribution in [2.75, 3.05) is 26.4 Å². The fourth-order valence-electron chi connectivity index (χ4n) is 7.82. The van der Waals surface area contributed by atoms with E-state index in [2.05, 4.69) is 26.0 Å². The Morgan fingerprint density at radius 1 is 0.460 bits per heavy atom. The van der Waals surface area contributed by atoms with Crippen LogP contribution in [0.15, 0.2) is 12.2 Å². The zero-order valence-corrected chi connectivity index (χ0v) is 42.0. The van der Waals surface area contributed by atoms with Crippen LogP contribution < -0.4 is 0 Å². The highest BCUT2D eigenvalue weighted by Crippen LogP contribution is 2.43. The smallest absolute Gasteiger partial charge is 0.462 e. The SMILES string of the molecule is CCCCCCCC/C=C/CCCCCCCCCC(=O)OC[C@H](COP(=O)(O)OC[C@@H](O)CO)OC(=O)CCCCCCCCCCCCCCCCCCCCCCCCC. The van der Waals surface area contributed by atoms with E-state index in [0.717, 1.165) is 44.9 Å². The number of allylic oxidation sites excluding steroid dienone is 2. The van der Waals surface area contributed by atoms with Crippen LogP contribution in [0.3, 0.4) is 0 Å². The third-order valence-corrected chi connectivity index (χ3v) is 12.9. The number of phosphoric acid groups is 1. The van der Waals surface area contributed by atoms with E-state index in [1.165, 1.54) is 186 Å². The summed E-state index contributed by atoms with van der Waals surface area (Å²) in [6, 6.07) is 0. The van der Waals surface area contributed by atoms with Gasteiger partial charge in [-0.25, -0.2) is 4.57 Å². The average Bonchev–Trinajstić information content (AvgIpc) is 3.27. The zero-order valence-electron chi connectivity index (χ0n) is 41.1. The molecule has 63 heavy (non-hydrogen) atoms. The van der Waals surface area contributed by atoms with Crippen molar-refractivity contribution in [2.45, 2.75) is 283 Å². The molecule has 0 heterocycles. The number of ether oxygens (including phenoxy) is 2. The van der Waals surface area contributed by atoms with Gasteiger partial charge in [0.2, 0.25) is 0 Å². The van der Waals surface area contributed by atoms with Crippen LogP contribution in [-0.2, 0) is 32.7 Å². The summed E-state index contributed by atoms with van der Waals surface area (Å²) < 4.78 is 32.9. The number of hydrogen-bond donors (Lipinski definition) is 3. The number of unbranched alkanes of at least 4 members (excludes halogenated alkanes) is 35. The third kappa shape index (κ3) is 48.5. The molecular weight excluding hydrogens is 816 g/mol. The maximum atomic E-state index is 12.7. The van der Waals surface area contributed by atoms with Crippen molar-refractivity contribution in [1.82, 2.24) is 0 Å². The Labute approximate surface area is 387 Å². The molecule has 0 rings (SSSR count). The molecule has 0 aliphatic carbocycles. The fourth-order valence-corrected chi connectivity index (χ4v) is 8.60. The first kappa shape index (κ1) is 61.7. The molecule has 374 valence electrons. The maximum absolute atomic E-state index is 12.7. The van der Waals surface area contributed by atoms with Gasteiger partial charge in [-0.3, -0.25) is 18.6 Å². The lowest BCUT2D eigenvalue weighted by molar-refractivity contribution is -0.161.